The standard InChI is InChI=1S/C15H25N/c1-12-6-5-7-13(10-12)14(11-16)8-9-15(2,3)4/h5-7,10,14H,8-9,11,16H2,1-4H3. The highest BCUT2D eigenvalue weighted by Gasteiger charge is 2.15. The maximum atomic E-state index is 5.88. The summed E-state index contributed by atoms with van der Waals surface area (Å²) in [6, 6.07) is 8.73. The predicted molar refractivity (Wildman–Crippen MR) is 71.7 cm³/mol. The van der Waals surface area contributed by atoms with Gasteiger partial charge in [-0.05, 0) is 43.2 Å². The molecule has 0 aliphatic rings. The quantitative estimate of drug-likeness (QED) is 0.817. The molecule has 0 amide bonds. The van der Waals surface area contributed by atoms with Crippen LogP contribution in [0.4, 0.5) is 0 Å². The van der Waals surface area contributed by atoms with Gasteiger partial charge in [0.25, 0.3) is 0 Å². The van der Waals surface area contributed by atoms with E-state index >= 15 is 0 Å². The van der Waals surface area contributed by atoms with E-state index in [0.717, 1.165) is 6.54 Å². The first kappa shape index (κ1) is 13.2. The molecule has 0 saturated heterocycles. The summed E-state index contributed by atoms with van der Waals surface area (Å²) in [5, 5.41) is 0. The van der Waals surface area contributed by atoms with Crippen molar-refractivity contribution in [3.63, 3.8) is 0 Å². The summed E-state index contributed by atoms with van der Waals surface area (Å²) >= 11 is 0. The highest BCUT2D eigenvalue weighted by atomic mass is 14.5. The average molecular weight is 219 g/mol. The molecule has 1 aromatic carbocycles. The van der Waals surface area contributed by atoms with E-state index in [-0.39, 0.29) is 0 Å². The first-order chi connectivity index (χ1) is 7.42. The van der Waals surface area contributed by atoms with Crippen LogP contribution in [0.2, 0.25) is 0 Å². The van der Waals surface area contributed by atoms with Gasteiger partial charge in [-0.15, -0.1) is 0 Å². The summed E-state index contributed by atoms with van der Waals surface area (Å²) < 4.78 is 0. The third-order valence-electron chi connectivity index (χ3n) is 3.04. The van der Waals surface area contributed by atoms with Crippen LogP contribution in [-0.4, -0.2) is 6.54 Å². The summed E-state index contributed by atoms with van der Waals surface area (Å²) in [4.78, 5) is 0. The maximum absolute atomic E-state index is 5.88. The van der Waals surface area contributed by atoms with E-state index in [1.165, 1.54) is 24.0 Å². The second kappa shape index (κ2) is 5.49. The van der Waals surface area contributed by atoms with Gasteiger partial charge in [0.1, 0.15) is 0 Å². The number of nitrogens with two attached hydrogens (primary N) is 1. The van der Waals surface area contributed by atoms with Crippen molar-refractivity contribution in [1.82, 2.24) is 0 Å². The van der Waals surface area contributed by atoms with Crippen molar-refractivity contribution in [1.29, 1.82) is 0 Å². The molecule has 1 rings (SSSR count). The van der Waals surface area contributed by atoms with Gasteiger partial charge in [-0.2, -0.15) is 0 Å². The molecule has 0 aliphatic heterocycles. The van der Waals surface area contributed by atoms with Crippen LogP contribution in [0, 0.1) is 12.3 Å². The van der Waals surface area contributed by atoms with E-state index in [4.69, 9.17) is 5.73 Å². The fourth-order valence-corrected chi connectivity index (χ4v) is 1.95. The van der Waals surface area contributed by atoms with E-state index in [9.17, 15) is 0 Å². The van der Waals surface area contributed by atoms with Crippen molar-refractivity contribution in [2.24, 2.45) is 11.1 Å². The van der Waals surface area contributed by atoms with Gasteiger partial charge in [-0.3, -0.25) is 0 Å². The minimum atomic E-state index is 0.400. The van der Waals surface area contributed by atoms with Crippen LogP contribution >= 0.6 is 0 Å². The molecule has 1 nitrogen and oxygen atoms in total. The molecule has 0 spiro atoms. The van der Waals surface area contributed by atoms with Crippen molar-refractivity contribution >= 4 is 0 Å². The predicted octanol–water partition coefficient (Wildman–Crippen LogP) is 3.86. The molecule has 1 heteroatoms. The van der Waals surface area contributed by atoms with Gasteiger partial charge >= 0.3 is 0 Å². The van der Waals surface area contributed by atoms with Gasteiger partial charge in [0.15, 0.2) is 0 Å². The third kappa shape index (κ3) is 4.36. The van der Waals surface area contributed by atoms with Crippen LogP contribution in [0.3, 0.4) is 0 Å². The first-order valence-corrected chi connectivity index (χ1v) is 6.19. The Kier molecular flexibility index (Phi) is 4.55. The zero-order chi connectivity index (χ0) is 12.2. The SMILES string of the molecule is Cc1cccc(C(CN)CCC(C)(C)C)c1. The summed E-state index contributed by atoms with van der Waals surface area (Å²) in [5.41, 5.74) is 9.01. The van der Waals surface area contributed by atoms with Crippen LogP contribution in [0.25, 0.3) is 0 Å². The molecular formula is C15H25N. The summed E-state index contributed by atoms with van der Waals surface area (Å²) in [5.74, 6) is 0.513. The second-order valence-electron chi connectivity index (χ2n) is 5.95. The van der Waals surface area contributed by atoms with E-state index in [0.29, 0.717) is 11.3 Å². The molecule has 0 aromatic heterocycles. The Morgan fingerprint density at radius 1 is 1.25 bits per heavy atom. The number of benzene rings is 1. The van der Waals surface area contributed by atoms with E-state index in [2.05, 4.69) is 52.0 Å². The average Bonchev–Trinajstić information content (AvgIpc) is 2.17. The molecular weight excluding hydrogens is 194 g/mol. The van der Waals surface area contributed by atoms with Crippen molar-refractivity contribution in [2.75, 3.05) is 6.54 Å². The lowest BCUT2D eigenvalue weighted by Crippen LogP contribution is -2.15. The van der Waals surface area contributed by atoms with Crippen molar-refractivity contribution in [3.8, 4) is 0 Å². The molecule has 0 aliphatic carbocycles. The fraction of sp³-hybridized carbons (Fsp3) is 0.600. The summed E-state index contributed by atoms with van der Waals surface area (Å²) in [6.07, 6.45) is 2.41. The minimum Gasteiger partial charge on any atom is -0.330 e. The molecule has 0 fully saturated rings. The zero-order valence-corrected chi connectivity index (χ0v) is 11.1. The van der Waals surface area contributed by atoms with E-state index in [1.54, 1.807) is 0 Å². The van der Waals surface area contributed by atoms with Gasteiger partial charge < -0.3 is 5.73 Å². The van der Waals surface area contributed by atoms with Gasteiger partial charge in [0.05, 0.1) is 0 Å². The minimum absolute atomic E-state index is 0.400. The lowest BCUT2D eigenvalue weighted by atomic mass is 9.84. The molecule has 0 bridgehead atoms. The molecule has 1 atom stereocenters. The van der Waals surface area contributed by atoms with Crippen LogP contribution in [0.15, 0.2) is 24.3 Å². The van der Waals surface area contributed by atoms with Crippen LogP contribution < -0.4 is 5.73 Å². The largest absolute Gasteiger partial charge is 0.330 e. The normalized spacial score (nSPS) is 13.8. The Morgan fingerprint density at radius 2 is 1.94 bits per heavy atom. The Labute approximate surface area is 100 Å². The zero-order valence-electron chi connectivity index (χ0n) is 11.1. The van der Waals surface area contributed by atoms with Gasteiger partial charge in [-0.25, -0.2) is 0 Å². The Morgan fingerprint density at radius 3 is 2.44 bits per heavy atom. The molecule has 0 radical (unpaired) electrons. The second-order valence-corrected chi connectivity index (χ2v) is 5.95. The lowest BCUT2D eigenvalue weighted by Gasteiger charge is -2.22. The van der Waals surface area contributed by atoms with E-state index in [1.807, 2.05) is 0 Å². The van der Waals surface area contributed by atoms with E-state index < -0.39 is 0 Å². The molecule has 2 N–H and O–H groups in total. The number of aryl methyl sites for hydroxylation is 1. The molecule has 1 aromatic rings. The third-order valence-corrected chi connectivity index (χ3v) is 3.04. The number of hydrogen-bond acceptors (Lipinski definition) is 1. The first-order valence-electron chi connectivity index (χ1n) is 6.19. The summed E-state index contributed by atoms with van der Waals surface area (Å²) in [6.45, 7) is 9.75. The maximum Gasteiger partial charge on any atom is -0.000823 e. The van der Waals surface area contributed by atoms with Crippen molar-refractivity contribution < 1.29 is 0 Å². The monoisotopic (exact) mass is 219 g/mol. The Balaban J connectivity index is 2.68. The van der Waals surface area contributed by atoms with Crippen LogP contribution in [0.1, 0.15) is 50.7 Å². The van der Waals surface area contributed by atoms with Gasteiger partial charge in [0.2, 0.25) is 0 Å². The van der Waals surface area contributed by atoms with Gasteiger partial charge in [-0.1, -0.05) is 50.6 Å². The highest BCUT2D eigenvalue weighted by Crippen LogP contribution is 2.28. The van der Waals surface area contributed by atoms with Gasteiger partial charge in [0, 0.05) is 0 Å². The topological polar surface area (TPSA) is 26.0 Å². The fourth-order valence-electron chi connectivity index (χ4n) is 1.95. The van der Waals surface area contributed by atoms with Crippen molar-refractivity contribution in [2.45, 2.75) is 46.5 Å². The van der Waals surface area contributed by atoms with Crippen molar-refractivity contribution in [3.05, 3.63) is 35.4 Å². The Hall–Kier alpha value is -0.820. The Bertz CT molecular complexity index is 322. The van der Waals surface area contributed by atoms with Crippen LogP contribution in [0.5, 0.6) is 0 Å². The molecule has 90 valence electrons. The summed E-state index contributed by atoms with van der Waals surface area (Å²) in [7, 11) is 0. The molecule has 16 heavy (non-hydrogen) atoms. The number of hydrogen-bond donors (Lipinski definition) is 1. The molecule has 1 unspecified atom stereocenters. The smallest absolute Gasteiger partial charge is 0.000823 e. The highest BCUT2D eigenvalue weighted by molar-refractivity contribution is 5.25. The lowest BCUT2D eigenvalue weighted by molar-refractivity contribution is 0.349. The molecule has 0 heterocycles. The number of rotatable bonds is 4. The van der Waals surface area contributed by atoms with Crippen LogP contribution in [-0.2, 0) is 0 Å². The molecule has 0 saturated carbocycles.